The van der Waals surface area contributed by atoms with Gasteiger partial charge in [-0.05, 0) is 126 Å². The van der Waals surface area contributed by atoms with Crippen molar-refractivity contribution in [2.45, 2.75) is 84.5 Å². The molecule has 0 N–H and O–H groups in total. The lowest BCUT2D eigenvalue weighted by atomic mass is 9.83. The van der Waals surface area contributed by atoms with Crippen LogP contribution in [0, 0.1) is 40.9 Å². The van der Waals surface area contributed by atoms with Gasteiger partial charge in [-0.15, -0.1) is 0 Å². The molecule has 0 aliphatic rings. The van der Waals surface area contributed by atoms with E-state index in [-0.39, 0.29) is 46.8 Å². The van der Waals surface area contributed by atoms with Crippen molar-refractivity contribution in [3.8, 4) is 5.75 Å². The van der Waals surface area contributed by atoms with Crippen LogP contribution in [0.2, 0.25) is 0 Å². The summed E-state index contributed by atoms with van der Waals surface area (Å²) in [5.41, 5.74) is 5.76. The van der Waals surface area contributed by atoms with Gasteiger partial charge in [-0.3, -0.25) is 0 Å². The Labute approximate surface area is 343 Å². The third-order valence-corrected chi connectivity index (χ3v) is 10.4. The van der Waals surface area contributed by atoms with Gasteiger partial charge in [0, 0.05) is 23.3 Å². The Morgan fingerprint density at radius 1 is 0.448 bits per heavy atom. The lowest BCUT2D eigenvalue weighted by molar-refractivity contribution is 0.406. The summed E-state index contributed by atoms with van der Waals surface area (Å²) in [7, 11) is 1.67. The molecule has 0 spiro atoms. The van der Waals surface area contributed by atoms with Crippen molar-refractivity contribution in [3.05, 3.63) is 208 Å². The van der Waals surface area contributed by atoms with Crippen molar-refractivity contribution < 1.29 is 26.7 Å². The fourth-order valence-corrected chi connectivity index (χ4v) is 7.33. The number of benzene rings is 6. The maximum Gasteiger partial charge on any atom is 0.123 e. The van der Waals surface area contributed by atoms with Gasteiger partial charge in [-0.2, -0.15) is 0 Å². The van der Waals surface area contributed by atoms with Crippen molar-refractivity contribution >= 4 is 0 Å². The van der Waals surface area contributed by atoms with Gasteiger partial charge in [-0.1, -0.05) is 126 Å². The molecule has 0 aromatic heterocycles. The van der Waals surface area contributed by atoms with Crippen molar-refractivity contribution in [3.63, 3.8) is 0 Å². The molecule has 0 aliphatic heterocycles. The topological polar surface area (TPSA) is 9.23 Å². The second-order valence-corrected chi connectivity index (χ2v) is 15.3. The third-order valence-electron chi connectivity index (χ3n) is 10.4. The Kier molecular flexibility index (Phi) is 18.2. The normalized spacial score (nSPS) is 12.0. The Morgan fingerprint density at radius 2 is 0.810 bits per heavy atom. The number of hydrogen-bond acceptors (Lipinski definition) is 1. The number of ether oxygens (including phenoxy) is 1. The quantitative estimate of drug-likeness (QED) is 0.0999. The summed E-state index contributed by atoms with van der Waals surface area (Å²) in [6.07, 6.45) is 4.83. The molecular formula is C52H57F5O. The van der Waals surface area contributed by atoms with Gasteiger partial charge in [0.25, 0.3) is 0 Å². The minimum absolute atomic E-state index is 0.0337. The molecule has 2 unspecified atom stereocenters. The SMILES string of the molecule is CC(C)CC(c1cccc(F)c1)c1cccc(F)c1.CCC(C)CC(c1cccc(F)c1)c1cccc(F)c1.CCCC(c1cccc(F)c1)c1ccccc1OC. The summed E-state index contributed by atoms with van der Waals surface area (Å²) >= 11 is 0. The number of halogens is 5. The Hall–Kier alpha value is -5.23. The predicted molar refractivity (Wildman–Crippen MR) is 229 cm³/mol. The van der Waals surface area contributed by atoms with Crippen molar-refractivity contribution in [2.75, 3.05) is 7.11 Å². The molecule has 1 nitrogen and oxygen atoms in total. The van der Waals surface area contributed by atoms with Gasteiger partial charge in [-0.25, -0.2) is 22.0 Å². The average molecular weight is 793 g/mol. The first-order valence-corrected chi connectivity index (χ1v) is 20.3. The van der Waals surface area contributed by atoms with E-state index < -0.39 is 0 Å². The van der Waals surface area contributed by atoms with Gasteiger partial charge in [0.2, 0.25) is 0 Å². The zero-order valence-corrected chi connectivity index (χ0v) is 34.6. The number of hydrogen-bond donors (Lipinski definition) is 0. The van der Waals surface area contributed by atoms with Crippen LogP contribution in [0.3, 0.4) is 0 Å². The monoisotopic (exact) mass is 792 g/mol. The molecule has 0 heterocycles. The third kappa shape index (κ3) is 14.0. The van der Waals surface area contributed by atoms with E-state index in [4.69, 9.17) is 4.74 Å². The first kappa shape index (κ1) is 45.5. The summed E-state index contributed by atoms with van der Waals surface area (Å²) in [4.78, 5) is 0. The highest BCUT2D eigenvalue weighted by molar-refractivity contribution is 5.42. The zero-order valence-electron chi connectivity index (χ0n) is 34.6. The van der Waals surface area contributed by atoms with Crippen LogP contribution in [0.25, 0.3) is 0 Å². The summed E-state index contributed by atoms with van der Waals surface area (Å²) in [5.74, 6) is 0.910. The van der Waals surface area contributed by atoms with Crippen LogP contribution in [0.15, 0.2) is 146 Å². The van der Waals surface area contributed by atoms with Gasteiger partial charge >= 0.3 is 0 Å². The van der Waals surface area contributed by atoms with Crippen LogP contribution in [0.5, 0.6) is 5.75 Å². The van der Waals surface area contributed by atoms with Crippen LogP contribution in [-0.4, -0.2) is 7.11 Å². The maximum atomic E-state index is 13.5. The van der Waals surface area contributed by atoms with Crippen LogP contribution in [-0.2, 0) is 0 Å². The molecule has 2 atom stereocenters. The van der Waals surface area contributed by atoms with Crippen molar-refractivity contribution in [1.29, 1.82) is 0 Å². The minimum Gasteiger partial charge on any atom is -0.496 e. The van der Waals surface area contributed by atoms with Crippen molar-refractivity contribution in [1.82, 2.24) is 0 Å². The standard InChI is InChI=1S/C18H20F2.C17H18F2.C17H19FO/c1-3-13(2)10-18(14-6-4-8-16(19)11-14)15-7-5-9-17(20)12-15;1-12(2)9-17(13-5-3-7-15(18)10-13)14-6-4-8-16(19)11-14;1-3-7-15(13-8-6-9-14(18)12-13)16-10-4-5-11-17(16)19-2/h4-9,11-13,18H,3,10H2,1-2H3;3-8,10-12,17H,9H2,1-2H3;4-6,8-12,15H,3,7H2,1-2H3. The van der Waals surface area contributed by atoms with E-state index in [1.54, 1.807) is 55.6 Å². The van der Waals surface area contributed by atoms with E-state index in [0.717, 1.165) is 71.2 Å². The molecule has 6 aromatic rings. The molecule has 0 radical (unpaired) electrons. The first-order chi connectivity index (χ1) is 27.9. The molecule has 0 aliphatic carbocycles. The van der Waals surface area contributed by atoms with E-state index in [2.05, 4.69) is 40.7 Å². The summed E-state index contributed by atoms with van der Waals surface area (Å²) in [6.45, 7) is 10.7. The number of methoxy groups -OCH3 is 1. The lowest BCUT2D eigenvalue weighted by Gasteiger charge is -2.21. The Balaban J connectivity index is 0.000000193. The molecule has 0 fully saturated rings. The molecule has 6 heteroatoms. The van der Waals surface area contributed by atoms with Crippen LogP contribution in [0.4, 0.5) is 22.0 Å². The predicted octanol–water partition coefficient (Wildman–Crippen LogP) is 15.4. The summed E-state index contributed by atoms with van der Waals surface area (Å²) in [5, 5.41) is 0. The minimum atomic E-state index is -0.248. The molecule has 0 bridgehead atoms. The van der Waals surface area contributed by atoms with Gasteiger partial charge in [0.1, 0.15) is 34.8 Å². The van der Waals surface area contributed by atoms with Gasteiger partial charge in [0.05, 0.1) is 7.11 Å². The highest BCUT2D eigenvalue weighted by Crippen LogP contribution is 2.36. The molecule has 0 saturated carbocycles. The van der Waals surface area contributed by atoms with Crippen molar-refractivity contribution in [2.24, 2.45) is 11.8 Å². The van der Waals surface area contributed by atoms with Crippen LogP contribution in [0.1, 0.15) is 118 Å². The number of rotatable bonds is 14. The van der Waals surface area contributed by atoms with Gasteiger partial charge < -0.3 is 4.74 Å². The fourth-order valence-electron chi connectivity index (χ4n) is 7.33. The molecule has 6 aromatic carbocycles. The van der Waals surface area contributed by atoms with Crippen LogP contribution < -0.4 is 4.74 Å². The van der Waals surface area contributed by atoms with E-state index in [1.807, 2.05) is 48.5 Å². The highest BCUT2D eigenvalue weighted by Gasteiger charge is 2.20. The Bertz CT molecular complexity index is 2040. The van der Waals surface area contributed by atoms with E-state index >= 15 is 0 Å². The first-order valence-electron chi connectivity index (χ1n) is 20.3. The van der Waals surface area contributed by atoms with E-state index in [9.17, 15) is 22.0 Å². The van der Waals surface area contributed by atoms with E-state index in [0.29, 0.717) is 11.8 Å². The zero-order chi connectivity index (χ0) is 42.0. The highest BCUT2D eigenvalue weighted by atomic mass is 19.1. The largest absolute Gasteiger partial charge is 0.496 e. The summed E-state index contributed by atoms with van der Waals surface area (Å²) in [6, 6.07) is 41.2. The molecule has 6 rings (SSSR count). The maximum absolute atomic E-state index is 13.5. The van der Waals surface area contributed by atoms with Gasteiger partial charge in [0.15, 0.2) is 0 Å². The molecule has 306 valence electrons. The molecule has 58 heavy (non-hydrogen) atoms. The molecule has 0 saturated heterocycles. The number of para-hydroxylation sites is 1. The summed E-state index contributed by atoms with van der Waals surface area (Å²) < 4.78 is 72.6. The smallest absolute Gasteiger partial charge is 0.123 e. The fraction of sp³-hybridized carbons (Fsp3) is 0.308. The second-order valence-electron chi connectivity index (χ2n) is 15.3. The molecular weight excluding hydrogens is 736 g/mol. The van der Waals surface area contributed by atoms with Crippen LogP contribution >= 0.6 is 0 Å². The van der Waals surface area contributed by atoms with E-state index in [1.165, 1.54) is 42.5 Å². The Morgan fingerprint density at radius 3 is 1.14 bits per heavy atom. The lowest BCUT2D eigenvalue weighted by Crippen LogP contribution is -2.07. The second kappa shape index (κ2) is 23.2. The molecule has 0 amide bonds. The average Bonchev–Trinajstić information content (AvgIpc) is 3.21.